The van der Waals surface area contributed by atoms with Crippen molar-refractivity contribution in [3.63, 3.8) is 0 Å². The van der Waals surface area contributed by atoms with E-state index in [4.69, 9.17) is 0 Å². The number of halogens is 2. The molecule has 0 saturated heterocycles. The second kappa shape index (κ2) is 4.45. The van der Waals surface area contributed by atoms with E-state index in [1.807, 2.05) is 10.8 Å². The van der Waals surface area contributed by atoms with Gasteiger partial charge in [0.1, 0.15) is 0 Å². The summed E-state index contributed by atoms with van der Waals surface area (Å²) in [7, 11) is 1.50. The van der Waals surface area contributed by atoms with Crippen LogP contribution in [-0.2, 0) is 6.42 Å². The third kappa shape index (κ3) is 1.72. The number of hydrogen-bond donors (Lipinski definition) is 1. The molecule has 1 atom stereocenters. The van der Waals surface area contributed by atoms with Gasteiger partial charge in [-0.25, -0.2) is 8.78 Å². The molecule has 92 valence electrons. The number of aryl methyl sites for hydroxylation is 1. The third-order valence-electron chi connectivity index (χ3n) is 3.27. The fourth-order valence-corrected chi connectivity index (χ4v) is 2.44. The zero-order valence-electron chi connectivity index (χ0n) is 10.0. The van der Waals surface area contributed by atoms with Gasteiger partial charge in [0.15, 0.2) is 11.6 Å². The molecule has 2 N–H and O–H groups in total. The summed E-state index contributed by atoms with van der Waals surface area (Å²) in [5.41, 5.74) is 6.29. The predicted octanol–water partition coefficient (Wildman–Crippen LogP) is 3.00. The maximum Gasteiger partial charge on any atom is 0.168 e. The predicted molar refractivity (Wildman–Crippen MR) is 65.0 cm³/mol. The number of nitrogens with zero attached hydrogens (tertiary/aromatic N) is 1. The Morgan fingerprint density at radius 2 is 2.06 bits per heavy atom. The molecule has 0 radical (unpaired) electrons. The van der Waals surface area contributed by atoms with Crippen molar-refractivity contribution in [3.8, 4) is 0 Å². The van der Waals surface area contributed by atoms with Gasteiger partial charge in [0, 0.05) is 17.6 Å². The Kier molecular flexibility index (Phi) is 3.15. The van der Waals surface area contributed by atoms with Gasteiger partial charge in [-0.05, 0) is 44.5 Å². The first-order chi connectivity index (χ1) is 8.18. The van der Waals surface area contributed by atoms with Gasteiger partial charge in [-0.3, -0.25) is 0 Å². The summed E-state index contributed by atoms with van der Waals surface area (Å²) < 4.78 is 28.8. The third-order valence-corrected chi connectivity index (χ3v) is 3.27. The second-order valence-electron chi connectivity index (χ2n) is 4.20. The molecule has 3 rings (SSSR count). The normalized spacial score (nSPS) is 17.8. The van der Waals surface area contributed by atoms with Crippen LogP contribution in [0.15, 0.2) is 18.3 Å². The van der Waals surface area contributed by atoms with E-state index in [0.717, 1.165) is 23.9 Å². The van der Waals surface area contributed by atoms with E-state index >= 15 is 0 Å². The summed E-state index contributed by atoms with van der Waals surface area (Å²) in [5.74, 6) is -1.45. The molecule has 1 aliphatic rings. The zero-order valence-corrected chi connectivity index (χ0v) is 10.0. The van der Waals surface area contributed by atoms with Crippen molar-refractivity contribution in [2.45, 2.75) is 25.8 Å². The van der Waals surface area contributed by atoms with E-state index in [2.05, 4.69) is 12.7 Å². The Morgan fingerprint density at radius 3 is 2.76 bits per heavy atom. The van der Waals surface area contributed by atoms with Crippen LogP contribution in [0, 0.1) is 11.6 Å². The molecule has 2 heterocycles. The summed E-state index contributed by atoms with van der Waals surface area (Å²) in [6.45, 7) is 2.10. The molecular formula is C13H16F2N2. The Balaban J connectivity index is 0.000000514. The molecule has 2 nitrogen and oxygen atoms in total. The Hall–Kier alpha value is -1.42. The van der Waals surface area contributed by atoms with Gasteiger partial charge in [0.25, 0.3) is 0 Å². The first kappa shape index (κ1) is 12.0. The largest absolute Gasteiger partial charge is 0.344 e. The van der Waals surface area contributed by atoms with Crippen LogP contribution in [0.2, 0.25) is 0 Å². The number of benzene rings is 1. The molecule has 1 aromatic carbocycles. The summed E-state index contributed by atoms with van der Waals surface area (Å²) in [4.78, 5) is 0. The maximum atomic E-state index is 13.5. The monoisotopic (exact) mass is 238 g/mol. The highest BCUT2D eigenvalue weighted by Crippen LogP contribution is 2.34. The van der Waals surface area contributed by atoms with E-state index in [1.54, 1.807) is 6.07 Å². The standard InChI is InChI=1S/C12H11F2N.CH5N/c1-7-2-3-8-6-10(13)11(14)9-4-5-15(7)12(8)9;1-2/h4-7H,2-3H2,1H3;2H2,1H3. The summed E-state index contributed by atoms with van der Waals surface area (Å²) in [6.07, 6.45) is 3.67. The molecule has 0 fully saturated rings. The van der Waals surface area contributed by atoms with Crippen LogP contribution in [0.5, 0.6) is 0 Å². The fourth-order valence-electron chi connectivity index (χ4n) is 2.44. The zero-order chi connectivity index (χ0) is 12.6. The first-order valence-electron chi connectivity index (χ1n) is 5.73. The van der Waals surface area contributed by atoms with Crippen molar-refractivity contribution in [1.82, 2.24) is 4.57 Å². The van der Waals surface area contributed by atoms with Crippen LogP contribution in [0.4, 0.5) is 8.78 Å². The van der Waals surface area contributed by atoms with Crippen LogP contribution in [0.1, 0.15) is 24.9 Å². The summed E-state index contributed by atoms with van der Waals surface area (Å²) in [6, 6.07) is 3.37. The first-order valence-corrected chi connectivity index (χ1v) is 5.73. The SMILES string of the molecule is CC1CCc2cc(F)c(F)c3ccn1c23.CN. The van der Waals surface area contributed by atoms with E-state index in [-0.39, 0.29) is 0 Å². The number of rotatable bonds is 0. The molecule has 1 aromatic heterocycles. The molecule has 0 saturated carbocycles. The summed E-state index contributed by atoms with van der Waals surface area (Å²) >= 11 is 0. The topological polar surface area (TPSA) is 30.9 Å². The van der Waals surface area contributed by atoms with Crippen molar-refractivity contribution in [2.24, 2.45) is 5.73 Å². The smallest absolute Gasteiger partial charge is 0.168 e. The molecule has 0 spiro atoms. The van der Waals surface area contributed by atoms with Crippen LogP contribution >= 0.6 is 0 Å². The Labute approximate surface area is 99.0 Å². The number of nitrogens with two attached hydrogens (primary N) is 1. The van der Waals surface area contributed by atoms with Crippen molar-refractivity contribution >= 4 is 10.9 Å². The van der Waals surface area contributed by atoms with Gasteiger partial charge in [0.2, 0.25) is 0 Å². The molecule has 0 aliphatic carbocycles. The minimum atomic E-state index is -0.732. The lowest BCUT2D eigenvalue weighted by Gasteiger charge is -2.22. The highest BCUT2D eigenvalue weighted by Gasteiger charge is 2.21. The van der Waals surface area contributed by atoms with Gasteiger partial charge in [-0.1, -0.05) is 0 Å². The minimum absolute atomic E-state index is 0.375. The lowest BCUT2D eigenvalue weighted by Crippen LogP contribution is -2.12. The molecule has 1 unspecified atom stereocenters. The maximum absolute atomic E-state index is 13.5. The average Bonchev–Trinajstić information content (AvgIpc) is 2.79. The fraction of sp³-hybridized carbons (Fsp3) is 0.385. The van der Waals surface area contributed by atoms with E-state index in [9.17, 15) is 8.78 Å². The molecule has 1 aliphatic heterocycles. The van der Waals surface area contributed by atoms with Crippen LogP contribution < -0.4 is 5.73 Å². The van der Waals surface area contributed by atoms with E-state index < -0.39 is 11.6 Å². The van der Waals surface area contributed by atoms with Crippen LogP contribution in [-0.4, -0.2) is 11.6 Å². The quantitative estimate of drug-likeness (QED) is 0.751. The molecule has 0 bridgehead atoms. The van der Waals surface area contributed by atoms with Gasteiger partial charge in [-0.15, -0.1) is 0 Å². The van der Waals surface area contributed by atoms with Crippen LogP contribution in [0.25, 0.3) is 10.9 Å². The van der Waals surface area contributed by atoms with Gasteiger partial charge in [0.05, 0.1) is 5.52 Å². The Morgan fingerprint density at radius 1 is 1.35 bits per heavy atom. The molecule has 17 heavy (non-hydrogen) atoms. The molecule has 4 heteroatoms. The lowest BCUT2D eigenvalue weighted by molar-refractivity contribution is 0.491. The Bertz CT molecular complexity index is 546. The molecular weight excluding hydrogens is 222 g/mol. The van der Waals surface area contributed by atoms with Gasteiger partial charge >= 0.3 is 0 Å². The minimum Gasteiger partial charge on any atom is -0.344 e. The van der Waals surface area contributed by atoms with Crippen molar-refractivity contribution in [3.05, 3.63) is 35.5 Å². The van der Waals surface area contributed by atoms with E-state index in [1.165, 1.54) is 13.1 Å². The average molecular weight is 238 g/mol. The lowest BCUT2D eigenvalue weighted by atomic mass is 9.99. The number of hydrogen-bond acceptors (Lipinski definition) is 1. The molecule has 0 amide bonds. The molecule has 2 aromatic rings. The highest BCUT2D eigenvalue weighted by atomic mass is 19.2. The van der Waals surface area contributed by atoms with Crippen molar-refractivity contribution in [1.29, 1.82) is 0 Å². The van der Waals surface area contributed by atoms with Crippen molar-refractivity contribution in [2.75, 3.05) is 7.05 Å². The second-order valence-corrected chi connectivity index (χ2v) is 4.20. The van der Waals surface area contributed by atoms with Gasteiger partial charge in [-0.2, -0.15) is 0 Å². The highest BCUT2D eigenvalue weighted by molar-refractivity contribution is 5.84. The van der Waals surface area contributed by atoms with E-state index in [0.29, 0.717) is 11.4 Å². The van der Waals surface area contributed by atoms with Crippen LogP contribution in [0.3, 0.4) is 0 Å². The van der Waals surface area contributed by atoms with Gasteiger partial charge < -0.3 is 10.3 Å². The number of aromatic nitrogens is 1. The summed E-state index contributed by atoms with van der Waals surface area (Å²) in [5, 5.41) is 0.413. The van der Waals surface area contributed by atoms with Crippen molar-refractivity contribution < 1.29 is 8.78 Å².